The molecule has 2 atom stereocenters. The molecule has 2 aromatic rings. The van der Waals surface area contributed by atoms with Gasteiger partial charge in [-0.3, -0.25) is 14.4 Å². The van der Waals surface area contributed by atoms with E-state index >= 15 is 0 Å². The van der Waals surface area contributed by atoms with E-state index in [1.54, 1.807) is 57.0 Å². The van der Waals surface area contributed by atoms with Crippen LogP contribution in [0.3, 0.4) is 0 Å². The Morgan fingerprint density at radius 1 is 1.02 bits per heavy atom. The molecule has 40 heavy (non-hydrogen) atoms. The van der Waals surface area contributed by atoms with Gasteiger partial charge in [-0.2, -0.15) is 0 Å². The first-order chi connectivity index (χ1) is 18.8. The van der Waals surface area contributed by atoms with Crippen molar-refractivity contribution in [3.63, 3.8) is 0 Å². The van der Waals surface area contributed by atoms with Crippen LogP contribution < -0.4 is 21.1 Å². The molecule has 0 aromatic heterocycles. The Hall–Kier alpha value is -4.08. The van der Waals surface area contributed by atoms with Crippen LogP contribution in [0.2, 0.25) is 0 Å². The van der Waals surface area contributed by atoms with Gasteiger partial charge in [-0.25, -0.2) is 4.79 Å². The summed E-state index contributed by atoms with van der Waals surface area (Å²) in [6.45, 7) is 8.93. The van der Waals surface area contributed by atoms with Gasteiger partial charge in [-0.05, 0) is 94.8 Å². The third-order valence-corrected chi connectivity index (χ3v) is 6.56. The summed E-state index contributed by atoms with van der Waals surface area (Å²) in [4.78, 5) is 54.1. The number of carbonyl (C=O) groups excluding carboxylic acids is 4. The molecule has 0 radical (unpaired) electrons. The van der Waals surface area contributed by atoms with Crippen LogP contribution in [0.5, 0.6) is 5.75 Å². The summed E-state index contributed by atoms with van der Waals surface area (Å²) in [6.07, 6.45) is 0.459. The van der Waals surface area contributed by atoms with Crippen molar-refractivity contribution in [2.45, 2.75) is 84.0 Å². The first kappa shape index (κ1) is 30.5. The highest BCUT2D eigenvalue weighted by Gasteiger charge is 2.45. The number of nitrogens with zero attached hydrogens (tertiary/aromatic N) is 1. The van der Waals surface area contributed by atoms with E-state index in [1.165, 1.54) is 0 Å². The van der Waals surface area contributed by atoms with Crippen molar-refractivity contribution in [1.29, 1.82) is 0 Å². The van der Waals surface area contributed by atoms with E-state index < -0.39 is 41.5 Å². The first-order valence-corrected chi connectivity index (χ1v) is 13.4. The van der Waals surface area contributed by atoms with Crippen LogP contribution in [0.4, 0.5) is 10.5 Å². The Balaban J connectivity index is 2.03. The minimum Gasteiger partial charge on any atom is -0.497 e. The minimum absolute atomic E-state index is 0.0315. The third kappa shape index (κ3) is 8.21. The number of benzene rings is 2. The maximum Gasteiger partial charge on any atom is 0.408 e. The molecule has 0 aliphatic heterocycles. The Morgan fingerprint density at radius 3 is 2.12 bits per heavy atom. The summed E-state index contributed by atoms with van der Waals surface area (Å²) >= 11 is 0. The fraction of sp³-hybridized carbons (Fsp3) is 0.467. The summed E-state index contributed by atoms with van der Waals surface area (Å²) in [7, 11) is 1.56. The van der Waals surface area contributed by atoms with E-state index in [0.717, 1.165) is 11.1 Å². The summed E-state index contributed by atoms with van der Waals surface area (Å²) < 4.78 is 10.6. The molecule has 4 N–H and O–H groups in total. The highest BCUT2D eigenvalue weighted by molar-refractivity contribution is 5.99. The Labute approximate surface area is 235 Å². The van der Waals surface area contributed by atoms with Crippen LogP contribution in [0.25, 0.3) is 0 Å². The van der Waals surface area contributed by atoms with Gasteiger partial charge in [0, 0.05) is 18.2 Å². The zero-order valence-electron chi connectivity index (χ0n) is 24.1. The molecule has 0 bridgehead atoms. The van der Waals surface area contributed by atoms with Crippen molar-refractivity contribution in [2.24, 2.45) is 5.73 Å². The number of rotatable bonds is 11. The van der Waals surface area contributed by atoms with E-state index in [-0.39, 0.29) is 18.9 Å². The van der Waals surface area contributed by atoms with E-state index in [0.29, 0.717) is 29.8 Å². The predicted molar refractivity (Wildman–Crippen MR) is 152 cm³/mol. The van der Waals surface area contributed by atoms with Crippen molar-refractivity contribution in [3.05, 3.63) is 59.2 Å². The second-order valence-electron chi connectivity index (χ2n) is 11.1. The molecular weight excluding hydrogens is 512 g/mol. The number of alkyl carbamates (subject to hydrolysis) is 1. The van der Waals surface area contributed by atoms with Gasteiger partial charge in [0.05, 0.1) is 7.11 Å². The number of hydrogen-bond acceptors (Lipinski definition) is 6. The quantitative estimate of drug-likeness (QED) is 0.383. The second kappa shape index (κ2) is 12.8. The molecule has 4 amide bonds. The van der Waals surface area contributed by atoms with Crippen molar-refractivity contribution < 1.29 is 28.7 Å². The Bertz CT molecular complexity index is 1210. The first-order valence-electron chi connectivity index (χ1n) is 13.4. The van der Waals surface area contributed by atoms with Crippen molar-refractivity contribution in [1.82, 2.24) is 10.2 Å². The molecule has 1 saturated carbocycles. The normalized spacial score (nSPS) is 14.4. The lowest BCUT2D eigenvalue weighted by molar-refractivity contribution is -0.141. The topological polar surface area (TPSA) is 140 Å². The van der Waals surface area contributed by atoms with Crippen LogP contribution in [-0.2, 0) is 19.1 Å². The van der Waals surface area contributed by atoms with Gasteiger partial charge in [0.15, 0.2) is 0 Å². The van der Waals surface area contributed by atoms with E-state index in [2.05, 4.69) is 10.6 Å². The molecule has 216 valence electrons. The zero-order valence-corrected chi connectivity index (χ0v) is 24.1. The molecule has 0 heterocycles. The average molecular weight is 553 g/mol. The number of primary amides is 1. The third-order valence-electron chi connectivity index (χ3n) is 6.56. The number of methoxy groups -OCH3 is 1. The molecule has 3 rings (SSSR count). The second-order valence-corrected chi connectivity index (χ2v) is 11.1. The molecule has 1 fully saturated rings. The highest BCUT2D eigenvalue weighted by atomic mass is 16.6. The van der Waals surface area contributed by atoms with Crippen LogP contribution in [0.15, 0.2) is 42.5 Å². The molecule has 0 spiro atoms. The van der Waals surface area contributed by atoms with Gasteiger partial charge in [-0.1, -0.05) is 18.2 Å². The summed E-state index contributed by atoms with van der Waals surface area (Å²) in [5.41, 5.74) is 7.54. The Kier molecular flexibility index (Phi) is 9.78. The van der Waals surface area contributed by atoms with Gasteiger partial charge in [-0.15, -0.1) is 0 Å². The lowest BCUT2D eigenvalue weighted by atomic mass is 9.93. The molecule has 10 heteroatoms. The smallest absolute Gasteiger partial charge is 0.408 e. The number of nitrogens with two attached hydrogens (primary N) is 1. The largest absolute Gasteiger partial charge is 0.497 e. The molecule has 2 aromatic carbocycles. The van der Waals surface area contributed by atoms with E-state index in [9.17, 15) is 19.2 Å². The number of nitrogens with one attached hydrogen (secondary N) is 2. The molecule has 10 nitrogen and oxygen atoms in total. The lowest BCUT2D eigenvalue weighted by Crippen LogP contribution is -2.53. The van der Waals surface area contributed by atoms with Gasteiger partial charge >= 0.3 is 6.09 Å². The predicted octanol–water partition coefficient (Wildman–Crippen LogP) is 4.14. The number of carbonyl (C=O) groups is 4. The van der Waals surface area contributed by atoms with E-state index in [1.807, 2.05) is 32.0 Å². The highest BCUT2D eigenvalue weighted by Crippen LogP contribution is 2.38. The summed E-state index contributed by atoms with van der Waals surface area (Å²) in [6, 6.07) is 10.3. The standard InChI is InChI=1S/C30H40N4O6/c1-18-8-7-9-19(2)25(18)26(27(36)32-20-10-14-22(39-6)15-11-20)34(21-12-13-21)28(37)23(16-17-24(31)35)33-29(38)40-30(3,4)5/h7-11,14-15,21,23,26H,12-13,16-17H2,1-6H3,(H2,31,35)(H,32,36)(H,33,38). The van der Waals surface area contributed by atoms with Gasteiger partial charge in [0.1, 0.15) is 23.4 Å². The summed E-state index contributed by atoms with van der Waals surface area (Å²) in [5.74, 6) is -0.837. The molecule has 0 saturated heterocycles. The van der Waals surface area contributed by atoms with E-state index in [4.69, 9.17) is 15.2 Å². The Morgan fingerprint density at radius 2 is 1.62 bits per heavy atom. The van der Waals surface area contributed by atoms with Crippen LogP contribution in [0.1, 0.15) is 69.2 Å². The number of anilines is 1. The van der Waals surface area contributed by atoms with Gasteiger partial charge in [0.2, 0.25) is 11.8 Å². The minimum atomic E-state index is -1.12. The number of aryl methyl sites for hydroxylation is 2. The maximum atomic E-state index is 14.2. The van der Waals surface area contributed by atoms with Crippen molar-refractivity contribution in [2.75, 3.05) is 12.4 Å². The molecule has 1 aliphatic rings. The average Bonchev–Trinajstić information content (AvgIpc) is 3.70. The van der Waals surface area contributed by atoms with Crippen LogP contribution in [-0.4, -0.2) is 53.5 Å². The fourth-order valence-corrected chi connectivity index (χ4v) is 4.58. The molecule has 1 aliphatic carbocycles. The molecule has 2 unspecified atom stereocenters. The van der Waals surface area contributed by atoms with Crippen molar-refractivity contribution in [3.8, 4) is 5.75 Å². The van der Waals surface area contributed by atoms with Crippen LogP contribution >= 0.6 is 0 Å². The molecular formula is C30H40N4O6. The summed E-state index contributed by atoms with van der Waals surface area (Å²) in [5, 5.41) is 5.57. The van der Waals surface area contributed by atoms with Crippen molar-refractivity contribution >= 4 is 29.5 Å². The SMILES string of the molecule is COc1ccc(NC(=O)C(c2c(C)cccc2C)N(C(=O)C(CCC(N)=O)NC(=O)OC(C)(C)C)C2CC2)cc1. The fourth-order valence-electron chi connectivity index (χ4n) is 4.58. The monoisotopic (exact) mass is 552 g/mol. The lowest BCUT2D eigenvalue weighted by Gasteiger charge is -2.36. The maximum absolute atomic E-state index is 14.2. The zero-order chi connectivity index (χ0) is 29.6. The van der Waals surface area contributed by atoms with Gasteiger partial charge < -0.3 is 30.7 Å². The van der Waals surface area contributed by atoms with Crippen LogP contribution in [0, 0.1) is 13.8 Å². The van der Waals surface area contributed by atoms with Gasteiger partial charge in [0.25, 0.3) is 5.91 Å². The number of amides is 4. The number of hydrogen-bond donors (Lipinski definition) is 3. The number of ether oxygens (including phenoxy) is 2.